The maximum atomic E-state index is 12.3. The molecule has 0 fully saturated rings. The van der Waals surface area contributed by atoms with Gasteiger partial charge in [0.25, 0.3) is 11.5 Å². The van der Waals surface area contributed by atoms with Gasteiger partial charge in [0.05, 0.1) is 11.4 Å². The second-order valence-corrected chi connectivity index (χ2v) is 8.75. The predicted octanol–water partition coefficient (Wildman–Crippen LogP) is 4.37. The second kappa shape index (κ2) is 9.15. The van der Waals surface area contributed by atoms with E-state index in [1.54, 1.807) is 28.8 Å². The molecule has 0 unspecified atom stereocenters. The van der Waals surface area contributed by atoms with Crippen LogP contribution in [0.1, 0.15) is 10.6 Å². The number of fused-ring (bicyclic) bond motifs is 1. The number of thiazole rings is 1. The highest BCUT2D eigenvalue weighted by atomic mass is 32.2. The Morgan fingerprint density at radius 3 is 2.77 bits per heavy atom. The lowest BCUT2D eigenvalue weighted by atomic mass is 10.3. The molecule has 1 amide bonds. The van der Waals surface area contributed by atoms with Gasteiger partial charge in [0.1, 0.15) is 5.75 Å². The summed E-state index contributed by atoms with van der Waals surface area (Å²) in [7, 11) is 0. The van der Waals surface area contributed by atoms with Crippen molar-refractivity contribution in [2.75, 3.05) is 11.9 Å². The SMILES string of the molecule is Cc1cn2c(=O)cc(CSc3ccccc3NC(=O)COc3ccccc3)nc2s1. The highest BCUT2D eigenvalue weighted by Crippen LogP contribution is 2.29. The Morgan fingerprint density at radius 1 is 1.17 bits per heavy atom. The van der Waals surface area contributed by atoms with Crippen molar-refractivity contribution in [1.29, 1.82) is 0 Å². The van der Waals surface area contributed by atoms with Crippen LogP contribution in [0.5, 0.6) is 5.75 Å². The molecular weight excluding hydrogens is 418 g/mol. The fourth-order valence-corrected chi connectivity index (χ4v) is 4.58. The Morgan fingerprint density at radius 2 is 1.93 bits per heavy atom. The van der Waals surface area contributed by atoms with E-state index in [1.165, 1.54) is 23.1 Å². The van der Waals surface area contributed by atoms with E-state index in [-0.39, 0.29) is 18.1 Å². The van der Waals surface area contributed by atoms with Crippen LogP contribution in [0.2, 0.25) is 0 Å². The first kappa shape index (κ1) is 20.2. The molecule has 0 bridgehead atoms. The number of amides is 1. The van der Waals surface area contributed by atoms with Crippen molar-refractivity contribution in [3.63, 3.8) is 0 Å². The fraction of sp³-hybridized carbons (Fsp3) is 0.136. The van der Waals surface area contributed by atoms with Crippen LogP contribution < -0.4 is 15.6 Å². The quantitative estimate of drug-likeness (QED) is 0.435. The minimum atomic E-state index is -0.237. The van der Waals surface area contributed by atoms with Gasteiger partial charge < -0.3 is 10.1 Å². The molecule has 0 atom stereocenters. The summed E-state index contributed by atoms with van der Waals surface area (Å²) in [6.45, 7) is 1.88. The normalized spacial score (nSPS) is 10.8. The molecule has 30 heavy (non-hydrogen) atoms. The van der Waals surface area contributed by atoms with Crippen molar-refractivity contribution < 1.29 is 9.53 Å². The minimum absolute atomic E-state index is 0.0737. The maximum Gasteiger partial charge on any atom is 0.262 e. The fourth-order valence-electron chi connectivity index (χ4n) is 2.83. The lowest BCUT2D eigenvalue weighted by Crippen LogP contribution is -2.20. The highest BCUT2D eigenvalue weighted by molar-refractivity contribution is 7.98. The van der Waals surface area contributed by atoms with Crippen LogP contribution in [0, 0.1) is 6.92 Å². The number of hydrogen-bond donors (Lipinski definition) is 1. The van der Waals surface area contributed by atoms with E-state index in [1.807, 2.05) is 49.4 Å². The van der Waals surface area contributed by atoms with Gasteiger partial charge in [0, 0.05) is 27.8 Å². The molecular formula is C22H19N3O3S2. The summed E-state index contributed by atoms with van der Waals surface area (Å²) in [6.07, 6.45) is 1.80. The van der Waals surface area contributed by atoms with Crippen molar-refractivity contribution in [2.45, 2.75) is 17.6 Å². The Balaban J connectivity index is 1.42. The summed E-state index contributed by atoms with van der Waals surface area (Å²) < 4.78 is 7.07. The van der Waals surface area contributed by atoms with Crippen molar-refractivity contribution in [2.24, 2.45) is 0 Å². The van der Waals surface area contributed by atoms with Crippen LogP contribution in [0.4, 0.5) is 5.69 Å². The second-order valence-electron chi connectivity index (χ2n) is 6.51. The average Bonchev–Trinajstić information content (AvgIpc) is 3.13. The molecule has 0 spiro atoms. The number of carbonyl (C=O) groups is 1. The number of nitrogens with zero attached hydrogens (tertiary/aromatic N) is 2. The van der Waals surface area contributed by atoms with Gasteiger partial charge in [-0.3, -0.25) is 14.0 Å². The van der Waals surface area contributed by atoms with Gasteiger partial charge in [-0.05, 0) is 31.2 Å². The van der Waals surface area contributed by atoms with Gasteiger partial charge in [-0.15, -0.1) is 23.1 Å². The number of hydrogen-bond acceptors (Lipinski definition) is 6. The first-order chi connectivity index (χ1) is 14.6. The van der Waals surface area contributed by atoms with Crippen LogP contribution in [-0.2, 0) is 10.5 Å². The van der Waals surface area contributed by atoms with Crippen LogP contribution in [0.25, 0.3) is 4.96 Å². The lowest BCUT2D eigenvalue weighted by molar-refractivity contribution is -0.118. The number of aromatic nitrogens is 2. The zero-order valence-electron chi connectivity index (χ0n) is 16.2. The van der Waals surface area contributed by atoms with Crippen molar-refractivity contribution >= 4 is 39.7 Å². The molecule has 2 aromatic carbocycles. The third-order valence-electron chi connectivity index (χ3n) is 4.19. The average molecular weight is 438 g/mol. The van der Waals surface area contributed by atoms with Crippen molar-refractivity contribution in [3.8, 4) is 5.75 Å². The highest BCUT2D eigenvalue weighted by Gasteiger charge is 2.10. The van der Waals surface area contributed by atoms with Gasteiger partial charge in [0.15, 0.2) is 11.6 Å². The van der Waals surface area contributed by atoms with Gasteiger partial charge in [0.2, 0.25) is 0 Å². The molecule has 1 N–H and O–H groups in total. The van der Waals surface area contributed by atoms with Crippen LogP contribution >= 0.6 is 23.1 Å². The third-order valence-corrected chi connectivity index (χ3v) is 6.19. The van der Waals surface area contributed by atoms with Gasteiger partial charge >= 0.3 is 0 Å². The molecule has 0 radical (unpaired) electrons. The van der Waals surface area contributed by atoms with E-state index >= 15 is 0 Å². The first-order valence-electron chi connectivity index (χ1n) is 9.27. The third kappa shape index (κ3) is 4.90. The van der Waals surface area contributed by atoms with Gasteiger partial charge in [-0.1, -0.05) is 30.3 Å². The molecule has 8 heteroatoms. The number of rotatable bonds is 7. The van der Waals surface area contributed by atoms with Crippen molar-refractivity contribution in [1.82, 2.24) is 9.38 Å². The van der Waals surface area contributed by atoms with Crippen LogP contribution in [0.15, 0.2) is 76.6 Å². The lowest BCUT2D eigenvalue weighted by Gasteiger charge is -2.11. The number of anilines is 1. The topological polar surface area (TPSA) is 72.7 Å². The summed E-state index contributed by atoms with van der Waals surface area (Å²) in [5, 5.41) is 2.89. The minimum Gasteiger partial charge on any atom is -0.484 e. The number of carbonyl (C=O) groups excluding carboxylic acids is 1. The number of aryl methyl sites for hydroxylation is 1. The zero-order valence-corrected chi connectivity index (χ0v) is 17.8. The summed E-state index contributed by atoms with van der Waals surface area (Å²) in [5.74, 6) is 0.932. The molecule has 152 valence electrons. The Kier molecular flexibility index (Phi) is 6.15. The first-order valence-corrected chi connectivity index (χ1v) is 11.1. The summed E-state index contributed by atoms with van der Waals surface area (Å²) in [6, 6.07) is 18.3. The maximum absolute atomic E-state index is 12.3. The molecule has 2 heterocycles. The largest absolute Gasteiger partial charge is 0.484 e. The number of ether oxygens (including phenoxy) is 1. The molecule has 4 aromatic rings. The molecule has 0 aliphatic heterocycles. The molecule has 0 aliphatic carbocycles. The summed E-state index contributed by atoms with van der Waals surface area (Å²) >= 11 is 3.01. The molecule has 4 rings (SSSR count). The van der Waals surface area contributed by atoms with Gasteiger partial charge in [-0.2, -0.15) is 0 Å². The Hall–Kier alpha value is -3.10. The molecule has 0 saturated carbocycles. The Bertz CT molecular complexity index is 1240. The monoisotopic (exact) mass is 437 g/mol. The number of benzene rings is 2. The Labute approximate surface area is 181 Å². The molecule has 6 nitrogen and oxygen atoms in total. The van der Waals surface area contributed by atoms with Crippen LogP contribution in [-0.4, -0.2) is 21.9 Å². The molecule has 2 aromatic heterocycles. The zero-order chi connectivity index (χ0) is 20.9. The summed E-state index contributed by atoms with van der Waals surface area (Å²) in [5.41, 5.74) is 1.33. The van der Waals surface area contributed by atoms with E-state index in [0.717, 1.165) is 9.77 Å². The molecule has 0 aliphatic rings. The van der Waals surface area contributed by atoms with E-state index in [4.69, 9.17) is 4.74 Å². The summed E-state index contributed by atoms with van der Waals surface area (Å²) in [4.78, 5) is 31.8. The van der Waals surface area contributed by atoms with E-state index < -0.39 is 0 Å². The number of nitrogens with one attached hydrogen (secondary N) is 1. The van der Waals surface area contributed by atoms with E-state index in [9.17, 15) is 9.59 Å². The van der Waals surface area contributed by atoms with Gasteiger partial charge in [-0.25, -0.2) is 4.98 Å². The number of thioether (sulfide) groups is 1. The molecule has 0 saturated heterocycles. The van der Waals surface area contributed by atoms with Crippen LogP contribution in [0.3, 0.4) is 0 Å². The van der Waals surface area contributed by atoms with Crippen molar-refractivity contribution in [3.05, 3.63) is 87.8 Å². The standard InChI is InChI=1S/C22H19N3O3S2/c1-15-12-25-21(27)11-16(23-22(25)30-15)14-29-19-10-6-5-9-18(19)24-20(26)13-28-17-7-3-2-4-8-17/h2-12H,13-14H2,1H3,(H,24,26). The smallest absolute Gasteiger partial charge is 0.262 e. The predicted molar refractivity (Wildman–Crippen MR) is 121 cm³/mol. The van der Waals surface area contributed by atoms with E-state index in [2.05, 4.69) is 10.3 Å². The van der Waals surface area contributed by atoms with E-state index in [0.29, 0.717) is 27.8 Å². The number of para-hydroxylation sites is 2.